The molecule has 0 fully saturated rings. The molecule has 9 nitrogen and oxygen atoms in total. The van der Waals surface area contributed by atoms with E-state index in [0.29, 0.717) is 46.6 Å². The number of nitrogens with one attached hydrogen (secondary N) is 3. The number of nitrogens with zero attached hydrogens (tertiary/aromatic N) is 1. The molecule has 0 aliphatic carbocycles. The Kier molecular flexibility index (Phi) is 11.3. The zero-order chi connectivity index (χ0) is 24.9. The molecule has 182 valence electrons. The van der Waals surface area contributed by atoms with Gasteiger partial charge in [0.15, 0.2) is 6.61 Å². The standard InChI is InChI=1S/C23H26Cl2N4O5/c1-15(2)33-11-3-10-26-22(31)23(32)29-27-13-16-4-7-18(8-5-16)34-14-21(30)28-20-9-6-17(24)12-19(20)25/h4-9,12-13,15H,3,10-11,14H2,1-2H3,(H,26,31)(H,28,30)(H,29,32)/b27-13-. The first kappa shape index (κ1) is 27.1. The first-order valence-electron chi connectivity index (χ1n) is 10.4. The minimum atomic E-state index is -0.868. The van der Waals surface area contributed by atoms with Crippen LogP contribution >= 0.6 is 23.2 Å². The molecule has 0 unspecified atom stereocenters. The molecule has 0 spiro atoms. The summed E-state index contributed by atoms with van der Waals surface area (Å²) in [6, 6.07) is 11.4. The van der Waals surface area contributed by atoms with Gasteiger partial charge in [-0.3, -0.25) is 14.4 Å². The number of carbonyl (C=O) groups excluding carboxylic acids is 3. The van der Waals surface area contributed by atoms with E-state index in [1.165, 1.54) is 12.3 Å². The molecule has 3 amide bonds. The molecule has 0 saturated heterocycles. The van der Waals surface area contributed by atoms with Gasteiger partial charge in [0.2, 0.25) is 0 Å². The van der Waals surface area contributed by atoms with E-state index in [1.807, 2.05) is 13.8 Å². The van der Waals surface area contributed by atoms with Crippen molar-refractivity contribution in [2.75, 3.05) is 25.1 Å². The van der Waals surface area contributed by atoms with Crippen molar-refractivity contribution in [3.05, 3.63) is 58.1 Å². The number of hydrogen-bond acceptors (Lipinski definition) is 6. The van der Waals surface area contributed by atoms with Crippen LogP contribution in [0.15, 0.2) is 47.6 Å². The van der Waals surface area contributed by atoms with E-state index in [0.717, 1.165) is 0 Å². The molecule has 11 heteroatoms. The molecule has 0 saturated carbocycles. The fourth-order valence-corrected chi connectivity index (χ4v) is 2.92. The Balaban J connectivity index is 1.70. The molecule has 0 radical (unpaired) electrons. The Morgan fingerprint density at radius 1 is 1.06 bits per heavy atom. The van der Waals surface area contributed by atoms with Gasteiger partial charge in [-0.1, -0.05) is 23.2 Å². The number of rotatable bonds is 11. The molecule has 34 heavy (non-hydrogen) atoms. The third kappa shape index (κ3) is 10.2. The van der Waals surface area contributed by atoms with Crippen LogP contribution in [0.25, 0.3) is 0 Å². The van der Waals surface area contributed by atoms with Gasteiger partial charge in [0.25, 0.3) is 5.91 Å². The Bertz CT molecular complexity index is 1010. The molecule has 0 atom stereocenters. The van der Waals surface area contributed by atoms with Gasteiger partial charge in [0, 0.05) is 18.2 Å². The summed E-state index contributed by atoms with van der Waals surface area (Å²) in [6.45, 7) is 4.45. The third-order valence-corrected chi connectivity index (χ3v) is 4.65. The van der Waals surface area contributed by atoms with Crippen LogP contribution in [0.2, 0.25) is 10.0 Å². The van der Waals surface area contributed by atoms with Gasteiger partial charge in [-0.15, -0.1) is 0 Å². The first-order chi connectivity index (χ1) is 16.2. The lowest BCUT2D eigenvalue weighted by atomic mass is 10.2. The predicted octanol–water partition coefficient (Wildman–Crippen LogP) is 3.39. The fourth-order valence-electron chi connectivity index (χ4n) is 2.47. The Hall–Kier alpha value is -3.14. The SMILES string of the molecule is CC(C)OCCCNC(=O)C(=O)N/N=C\c1ccc(OCC(=O)Nc2ccc(Cl)cc2Cl)cc1. The van der Waals surface area contributed by atoms with Gasteiger partial charge in [-0.2, -0.15) is 5.10 Å². The monoisotopic (exact) mass is 508 g/mol. The summed E-state index contributed by atoms with van der Waals surface area (Å²) in [4.78, 5) is 35.5. The molecule has 0 bridgehead atoms. The van der Waals surface area contributed by atoms with Crippen molar-refractivity contribution >= 4 is 52.8 Å². The molecular weight excluding hydrogens is 483 g/mol. The summed E-state index contributed by atoms with van der Waals surface area (Å²) in [5, 5.41) is 9.67. The number of carbonyl (C=O) groups is 3. The maximum Gasteiger partial charge on any atom is 0.329 e. The highest BCUT2D eigenvalue weighted by Gasteiger charge is 2.11. The van der Waals surface area contributed by atoms with E-state index in [9.17, 15) is 14.4 Å². The Morgan fingerprint density at radius 3 is 2.47 bits per heavy atom. The number of halogens is 2. The van der Waals surface area contributed by atoms with E-state index < -0.39 is 11.8 Å². The molecule has 2 aromatic rings. The van der Waals surface area contributed by atoms with E-state index in [4.69, 9.17) is 32.7 Å². The lowest BCUT2D eigenvalue weighted by Gasteiger charge is -2.09. The Labute approximate surface area is 207 Å². The van der Waals surface area contributed by atoms with Crippen molar-refractivity contribution in [2.24, 2.45) is 5.10 Å². The van der Waals surface area contributed by atoms with E-state index in [1.54, 1.807) is 36.4 Å². The molecule has 2 rings (SSSR count). The summed E-state index contributed by atoms with van der Waals surface area (Å²) >= 11 is 11.9. The first-order valence-corrected chi connectivity index (χ1v) is 11.2. The number of benzene rings is 2. The van der Waals surface area contributed by atoms with Crippen molar-refractivity contribution in [3.8, 4) is 5.75 Å². The molecular formula is C23H26Cl2N4O5. The second-order valence-corrected chi connectivity index (χ2v) is 8.10. The third-order valence-electron chi connectivity index (χ3n) is 4.10. The lowest BCUT2D eigenvalue weighted by molar-refractivity contribution is -0.139. The van der Waals surface area contributed by atoms with E-state index in [-0.39, 0.29) is 18.6 Å². The van der Waals surface area contributed by atoms with Crippen LogP contribution < -0.4 is 20.8 Å². The van der Waals surface area contributed by atoms with Gasteiger partial charge in [0.1, 0.15) is 5.75 Å². The highest BCUT2D eigenvalue weighted by atomic mass is 35.5. The van der Waals surface area contributed by atoms with Gasteiger partial charge >= 0.3 is 11.8 Å². The molecule has 0 aromatic heterocycles. The topological polar surface area (TPSA) is 118 Å². The quantitative estimate of drug-likeness (QED) is 0.186. The second kappa shape index (κ2) is 14.2. The maximum atomic E-state index is 12.0. The van der Waals surface area contributed by atoms with Crippen LogP contribution in [0.1, 0.15) is 25.8 Å². The van der Waals surface area contributed by atoms with Crippen molar-refractivity contribution in [3.63, 3.8) is 0 Å². The summed E-state index contributed by atoms with van der Waals surface area (Å²) in [7, 11) is 0. The van der Waals surface area contributed by atoms with Crippen molar-refractivity contribution in [1.29, 1.82) is 0 Å². The number of ether oxygens (including phenoxy) is 2. The average Bonchev–Trinajstić information content (AvgIpc) is 2.79. The molecule has 0 heterocycles. The van der Waals surface area contributed by atoms with Crippen LogP contribution in [0.5, 0.6) is 5.75 Å². The van der Waals surface area contributed by atoms with Gasteiger partial charge in [0.05, 0.1) is 23.0 Å². The summed E-state index contributed by atoms with van der Waals surface area (Å²) in [6.07, 6.45) is 2.10. The number of amides is 3. The minimum Gasteiger partial charge on any atom is -0.484 e. The maximum absolute atomic E-state index is 12.0. The minimum absolute atomic E-state index is 0.119. The number of hydrogen-bond donors (Lipinski definition) is 3. The van der Waals surface area contributed by atoms with Gasteiger partial charge in [-0.05, 0) is 68.3 Å². The van der Waals surface area contributed by atoms with Crippen molar-refractivity contribution in [1.82, 2.24) is 10.7 Å². The number of anilines is 1. The largest absolute Gasteiger partial charge is 0.484 e. The zero-order valence-corrected chi connectivity index (χ0v) is 20.3. The highest BCUT2D eigenvalue weighted by molar-refractivity contribution is 6.36. The molecule has 3 N–H and O–H groups in total. The molecule has 0 aliphatic heterocycles. The molecule has 0 aliphatic rings. The summed E-state index contributed by atoms with van der Waals surface area (Å²) < 4.78 is 10.8. The average molecular weight is 509 g/mol. The van der Waals surface area contributed by atoms with Crippen LogP contribution in [-0.2, 0) is 19.1 Å². The normalized spacial score (nSPS) is 10.9. The van der Waals surface area contributed by atoms with Gasteiger partial charge < -0.3 is 20.1 Å². The van der Waals surface area contributed by atoms with Crippen LogP contribution in [0.4, 0.5) is 5.69 Å². The lowest BCUT2D eigenvalue weighted by Crippen LogP contribution is -2.38. The van der Waals surface area contributed by atoms with Gasteiger partial charge in [-0.25, -0.2) is 5.43 Å². The number of hydrazone groups is 1. The van der Waals surface area contributed by atoms with Crippen LogP contribution in [0.3, 0.4) is 0 Å². The van der Waals surface area contributed by atoms with E-state index >= 15 is 0 Å². The van der Waals surface area contributed by atoms with Crippen molar-refractivity contribution < 1.29 is 23.9 Å². The van der Waals surface area contributed by atoms with E-state index in [2.05, 4.69) is 21.2 Å². The highest BCUT2D eigenvalue weighted by Crippen LogP contribution is 2.25. The summed E-state index contributed by atoms with van der Waals surface area (Å²) in [5.41, 5.74) is 3.24. The summed E-state index contributed by atoms with van der Waals surface area (Å²) in [5.74, 6) is -1.57. The second-order valence-electron chi connectivity index (χ2n) is 7.26. The van der Waals surface area contributed by atoms with Crippen LogP contribution in [0, 0.1) is 0 Å². The fraction of sp³-hybridized carbons (Fsp3) is 0.304. The smallest absolute Gasteiger partial charge is 0.329 e. The molecule has 2 aromatic carbocycles. The van der Waals surface area contributed by atoms with Crippen LogP contribution in [-0.4, -0.2) is 49.8 Å². The Morgan fingerprint density at radius 2 is 1.79 bits per heavy atom. The zero-order valence-electron chi connectivity index (χ0n) is 18.8. The van der Waals surface area contributed by atoms with Crippen molar-refractivity contribution in [2.45, 2.75) is 26.4 Å². The predicted molar refractivity (Wildman–Crippen MR) is 131 cm³/mol.